The Morgan fingerprint density at radius 2 is 1.76 bits per heavy atom. The number of Topliss-reactive ketones (excluding diaryl/α,β-unsaturated/α-hetero) is 1. The maximum Gasteiger partial charge on any atom is 0.242 e. The molecule has 0 unspecified atom stereocenters. The summed E-state index contributed by atoms with van der Waals surface area (Å²) in [7, 11) is 1.63. The van der Waals surface area contributed by atoms with E-state index in [2.05, 4.69) is 11.9 Å². The zero-order valence-corrected chi connectivity index (χ0v) is 12.0. The summed E-state index contributed by atoms with van der Waals surface area (Å²) in [6.07, 6.45) is 0. The first kappa shape index (κ1) is 18.1. The second-order valence-corrected chi connectivity index (χ2v) is 4.00. The highest BCUT2D eigenvalue weighted by Gasteiger charge is 2.14. The summed E-state index contributed by atoms with van der Waals surface area (Å²) < 4.78 is 0. The molecule has 0 spiro atoms. The van der Waals surface area contributed by atoms with E-state index in [1.165, 1.54) is 4.90 Å². The number of nitrogens with one attached hydrogen (secondary N) is 1. The summed E-state index contributed by atoms with van der Waals surface area (Å²) in [6, 6.07) is 0. The minimum absolute atomic E-state index is 0.0330. The van der Waals surface area contributed by atoms with Crippen LogP contribution in [0.4, 0.5) is 0 Å². The van der Waals surface area contributed by atoms with Crippen LogP contribution in [0.2, 0.25) is 0 Å². The first-order valence-corrected chi connectivity index (χ1v) is 6.00. The number of likely N-dealkylation sites (N-methyl/N-ethyl adjacent to an activating group) is 1. The van der Waals surface area contributed by atoms with Crippen LogP contribution in [0.25, 0.3) is 0 Å². The third kappa shape index (κ3) is 9.60. The molecular weight excluding hydrogens is 216 g/mol. The third-order valence-electron chi connectivity index (χ3n) is 2.00. The molecule has 17 heavy (non-hydrogen) atoms. The highest BCUT2D eigenvalue weighted by molar-refractivity contribution is 5.87. The van der Waals surface area contributed by atoms with Gasteiger partial charge in [-0.05, 0) is 6.92 Å². The van der Waals surface area contributed by atoms with Crippen LogP contribution in [-0.2, 0) is 9.59 Å². The fourth-order valence-corrected chi connectivity index (χ4v) is 0.866. The lowest BCUT2D eigenvalue weighted by molar-refractivity contribution is -0.134. The summed E-state index contributed by atoms with van der Waals surface area (Å²) >= 11 is 0. The molecule has 0 saturated carbocycles. The number of hydrogen-bond donors (Lipinski definition) is 1. The molecule has 0 fully saturated rings. The van der Waals surface area contributed by atoms with Gasteiger partial charge in [0.2, 0.25) is 5.91 Å². The van der Waals surface area contributed by atoms with Gasteiger partial charge in [0.25, 0.3) is 0 Å². The van der Waals surface area contributed by atoms with Crippen LogP contribution in [0.5, 0.6) is 0 Å². The fourth-order valence-electron chi connectivity index (χ4n) is 0.866. The lowest BCUT2D eigenvalue weighted by Gasteiger charge is -2.18. The van der Waals surface area contributed by atoms with Crippen molar-refractivity contribution in [2.75, 3.05) is 20.1 Å². The van der Waals surface area contributed by atoms with Crippen molar-refractivity contribution in [1.82, 2.24) is 10.2 Å². The minimum Gasteiger partial charge on any atom is -0.380 e. The Labute approximate surface area is 105 Å². The summed E-state index contributed by atoms with van der Waals surface area (Å²) in [4.78, 5) is 24.3. The zero-order valence-electron chi connectivity index (χ0n) is 12.0. The molecule has 1 amide bonds. The summed E-state index contributed by atoms with van der Waals surface area (Å²) in [5.74, 6) is -0.0671. The van der Waals surface area contributed by atoms with Crippen molar-refractivity contribution in [3.63, 3.8) is 0 Å². The largest absolute Gasteiger partial charge is 0.380 e. The van der Waals surface area contributed by atoms with Crippen LogP contribution in [0.1, 0.15) is 34.6 Å². The number of rotatable bonds is 6. The van der Waals surface area contributed by atoms with Gasteiger partial charge < -0.3 is 10.2 Å². The summed E-state index contributed by atoms with van der Waals surface area (Å²) in [5, 5.41) is 2.83. The van der Waals surface area contributed by atoms with Crippen molar-refractivity contribution in [2.24, 2.45) is 5.92 Å². The molecule has 0 radical (unpaired) electrons. The number of nitrogens with zero attached hydrogens (tertiary/aromatic N) is 1. The molecule has 0 aromatic heterocycles. The van der Waals surface area contributed by atoms with Crippen LogP contribution in [-0.4, -0.2) is 36.7 Å². The fraction of sp³-hybridized carbons (Fsp3) is 0.692. The SMILES string of the molecule is C=C(C)NCC(=O)N(C)CC(=O)C(C)C.CC. The monoisotopic (exact) mass is 242 g/mol. The molecule has 0 rings (SSSR count). The first-order chi connectivity index (χ1) is 7.84. The topological polar surface area (TPSA) is 49.4 Å². The van der Waals surface area contributed by atoms with Gasteiger partial charge >= 0.3 is 0 Å². The minimum atomic E-state index is -0.105. The number of hydrogen-bond acceptors (Lipinski definition) is 3. The van der Waals surface area contributed by atoms with Crippen LogP contribution in [0.3, 0.4) is 0 Å². The molecular formula is C13H26N2O2. The lowest BCUT2D eigenvalue weighted by Crippen LogP contribution is -2.38. The molecule has 0 heterocycles. The Morgan fingerprint density at radius 1 is 1.29 bits per heavy atom. The van der Waals surface area contributed by atoms with E-state index < -0.39 is 0 Å². The van der Waals surface area contributed by atoms with Crippen molar-refractivity contribution in [1.29, 1.82) is 0 Å². The molecule has 0 aromatic carbocycles. The van der Waals surface area contributed by atoms with Crippen molar-refractivity contribution in [2.45, 2.75) is 34.6 Å². The van der Waals surface area contributed by atoms with Crippen LogP contribution in [0, 0.1) is 5.92 Å². The zero-order chi connectivity index (χ0) is 14.0. The molecule has 0 bridgehead atoms. The van der Waals surface area contributed by atoms with Gasteiger partial charge in [-0.3, -0.25) is 9.59 Å². The maximum atomic E-state index is 11.5. The number of carbonyl (C=O) groups is 2. The molecule has 0 aliphatic rings. The van der Waals surface area contributed by atoms with E-state index in [0.717, 1.165) is 5.70 Å². The van der Waals surface area contributed by atoms with Gasteiger partial charge in [0, 0.05) is 18.7 Å². The average Bonchev–Trinajstić information content (AvgIpc) is 2.28. The summed E-state index contributed by atoms with van der Waals surface area (Å²) in [5.41, 5.74) is 0.743. The molecule has 4 heteroatoms. The predicted molar refractivity (Wildman–Crippen MR) is 71.6 cm³/mol. The average molecular weight is 242 g/mol. The van der Waals surface area contributed by atoms with Gasteiger partial charge in [-0.1, -0.05) is 34.3 Å². The van der Waals surface area contributed by atoms with E-state index in [4.69, 9.17) is 0 Å². The normalized spacial score (nSPS) is 9.12. The number of amides is 1. The Bertz CT molecular complexity index is 260. The predicted octanol–water partition coefficient (Wildman–Crippen LogP) is 1.82. The number of ketones is 1. The quantitative estimate of drug-likeness (QED) is 0.773. The molecule has 4 nitrogen and oxygen atoms in total. The maximum absolute atomic E-state index is 11.5. The van der Waals surface area contributed by atoms with Gasteiger partial charge in [-0.2, -0.15) is 0 Å². The van der Waals surface area contributed by atoms with Crippen LogP contribution >= 0.6 is 0 Å². The summed E-state index contributed by atoms with van der Waals surface area (Å²) in [6.45, 7) is 13.4. The molecule has 0 aromatic rings. The molecule has 0 atom stereocenters. The number of carbonyl (C=O) groups excluding carboxylic acids is 2. The molecule has 0 saturated heterocycles. The van der Waals surface area contributed by atoms with Crippen molar-refractivity contribution in [3.8, 4) is 0 Å². The molecule has 0 aliphatic carbocycles. The van der Waals surface area contributed by atoms with Crippen molar-refractivity contribution < 1.29 is 9.59 Å². The lowest BCUT2D eigenvalue weighted by atomic mass is 10.1. The van der Waals surface area contributed by atoms with Crippen molar-refractivity contribution in [3.05, 3.63) is 12.3 Å². The Hall–Kier alpha value is -1.32. The van der Waals surface area contributed by atoms with Gasteiger partial charge in [-0.25, -0.2) is 0 Å². The highest BCUT2D eigenvalue weighted by atomic mass is 16.2. The molecule has 1 N–H and O–H groups in total. The standard InChI is InChI=1S/C11H20N2O2.C2H6/c1-8(2)10(14)7-13(5)11(15)6-12-9(3)4;1-2/h8,12H,3,6-7H2,1-2,4-5H3;1-2H3. The van der Waals surface area contributed by atoms with Gasteiger partial charge in [0.1, 0.15) is 0 Å². The van der Waals surface area contributed by atoms with E-state index in [9.17, 15) is 9.59 Å². The van der Waals surface area contributed by atoms with Gasteiger partial charge in [0.15, 0.2) is 5.78 Å². The highest BCUT2D eigenvalue weighted by Crippen LogP contribution is 1.96. The van der Waals surface area contributed by atoms with Crippen LogP contribution < -0.4 is 5.32 Å². The van der Waals surface area contributed by atoms with E-state index in [1.54, 1.807) is 14.0 Å². The van der Waals surface area contributed by atoms with E-state index in [0.29, 0.717) is 0 Å². The second-order valence-electron chi connectivity index (χ2n) is 4.00. The first-order valence-electron chi connectivity index (χ1n) is 6.00. The molecule has 100 valence electrons. The third-order valence-corrected chi connectivity index (χ3v) is 2.00. The van der Waals surface area contributed by atoms with E-state index >= 15 is 0 Å². The second kappa shape index (κ2) is 9.87. The number of allylic oxidation sites excluding steroid dienone is 1. The Morgan fingerprint density at radius 3 is 2.12 bits per heavy atom. The van der Waals surface area contributed by atoms with E-state index in [-0.39, 0.29) is 30.7 Å². The van der Waals surface area contributed by atoms with E-state index in [1.807, 2.05) is 27.7 Å². The molecule has 0 aliphatic heterocycles. The van der Waals surface area contributed by atoms with Crippen LogP contribution in [0.15, 0.2) is 12.3 Å². The van der Waals surface area contributed by atoms with Gasteiger partial charge in [0.05, 0.1) is 13.1 Å². The Kier molecular flexibility index (Phi) is 10.5. The Balaban J connectivity index is 0. The van der Waals surface area contributed by atoms with Gasteiger partial charge in [-0.15, -0.1) is 0 Å². The van der Waals surface area contributed by atoms with Crippen molar-refractivity contribution >= 4 is 11.7 Å². The smallest absolute Gasteiger partial charge is 0.242 e.